The number of hydrogen-bond acceptors (Lipinski definition) is 0. The van der Waals surface area contributed by atoms with Crippen LogP contribution in [0.15, 0.2) is 0 Å². The van der Waals surface area contributed by atoms with E-state index in [1.807, 2.05) is 0 Å². The predicted molar refractivity (Wildman–Crippen MR) is 89.1 cm³/mol. The second-order valence-corrected chi connectivity index (χ2v) is 10.1. The Morgan fingerprint density at radius 2 is 0.706 bits per heavy atom. The summed E-state index contributed by atoms with van der Waals surface area (Å²) >= 11 is 3.13. The van der Waals surface area contributed by atoms with Crippen LogP contribution in [0.5, 0.6) is 0 Å². The Morgan fingerprint density at radius 1 is 0.588 bits per heavy atom. The van der Waals surface area contributed by atoms with Crippen molar-refractivity contribution in [2.24, 2.45) is 0 Å². The van der Waals surface area contributed by atoms with Crippen LogP contribution in [0.25, 0.3) is 0 Å². The first-order chi connectivity index (χ1) is 7.66. The van der Waals surface area contributed by atoms with Gasteiger partial charge in [-0.2, -0.15) is 0 Å². The molecule has 0 spiro atoms. The maximum absolute atomic E-state index is 2.25. The van der Waals surface area contributed by atoms with Gasteiger partial charge in [-0.15, -0.1) is 21.1 Å². The minimum Gasteiger partial charge on any atom is -2.00 e. The largest absolute Gasteiger partial charge is 2.00 e. The van der Waals surface area contributed by atoms with E-state index in [0.29, 0.717) is 0 Å². The van der Waals surface area contributed by atoms with Gasteiger partial charge < -0.3 is 5.48 Å². The molecule has 0 aromatic rings. The van der Waals surface area contributed by atoms with Gasteiger partial charge in [0.25, 0.3) is 0 Å². The van der Waals surface area contributed by atoms with Gasteiger partial charge in [-0.25, -0.2) is 0 Å². The second kappa shape index (κ2) is 51.9. The third-order valence-electron chi connectivity index (χ3n) is 1.15. The maximum Gasteiger partial charge on any atom is -2.00 e. The summed E-state index contributed by atoms with van der Waals surface area (Å²) in [5, 5.41) is 5.71. The van der Waals surface area contributed by atoms with E-state index in [-0.39, 0.29) is 5.48 Å². The molecule has 0 saturated heterocycles. The fraction of sp³-hybridized carbons (Fsp3) is 1.00. The SMILES string of the molecule is C[CH2][Al][CH2]C.C[CH2][Al][CH2]C.[CH3][Al+][CH3].[CH3][Al+][CH3].[O-2]. The average molecular weight is 300 g/mol. The monoisotopic (exact) mass is 300 g/mol. The minimum atomic E-state index is 0. The molecular formula is C12H32Al4O. The fourth-order valence-corrected chi connectivity index (χ4v) is 1.73. The summed E-state index contributed by atoms with van der Waals surface area (Å²) in [5.41, 5.74) is 0. The quantitative estimate of drug-likeness (QED) is 0.680. The van der Waals surface area contributed by atoms with Crippen LogP contribution in [0, 0.1) is 0 Å². The van der Waals surface area contributed by atoms with Crippen molar-refractivity contribution in [2.45, 2.75) is 72.0 Å². The van der Waals surface area contributed by atoms with Crippen molar-refractivity contribution < 1.29 is 5.48 Å². The summed E-state index contributed by atoms with van der Waals surface area (Å²) in [4.78, 5) is 0. The maximum atomic E-state index is 2.25. The molecule has 1 nitrogen and oxygen atoms in total. The molecule has 2 radical (unpaired) electrons. The molecule has 0 unspecified atom stereocenters. The van der Waals surface area contributed by atoms with E-state index in [2.05, 4.69) is 50.8 Å². The molecule has 98 valence electrons. The van der Waals surface area contributed by atoms with Gasteiger partial charge in [-0.05, 0) is 0 Å². The molecule has 0 aromatic heterocycles. The Hall–Kier alpha value is 2.09. The molecule has 0 aromatic carbocycles. The molecule has 0 aliphatic carbocycles. The summed E-state index contributed by atoms with van der Waals surface area (Å²) in [6.45, 7) is 9.00. The Balaban J connectivity index is -0.0000000381. The zero-order valence-electron chi connectivity index (χ0n) is 13.5. The average Bonchev–Trinajstić information content (AvgIpc) is 2.23. The van der Waals surface area contributed by atoms with Gasteiger partial charge in [-0.1, -0.05) is 27.7 Å². The first kappa shape index (κ1) is 31.5. The molecule has 0 fully saturated rings. The summed E-state index contributed by atoms with van der Waals surface area (Å²) in [7, 11) is 0. The smallest absolute Gasteiger partial charge is 2.00 e. The Bertz CT molecular complexity index is 54.5. The van der Waals surface area contributed by atoms with Crippen LogP contribution in [-0.2, 0) is 5.48 Å². The van der Waals surface area contributed by atoms with E-state index < -0.39 is 0 Å². The van der Waals surface area contributed by atoms with Gasteiger partial charge in [-0.3, -0.25) is 0 Å². The Kier molecular flexibility index (Phi) is 96.1. The molecule has 17 heavy (non-hydrogen) atoms. The van der Waals surface area contributed by atoms with E-state index in [4.69, 9.17) is 0 Å². The fourth-order valence-electron chi connectivity index (χ4n) is 0.577. The van der Waals surface area contributed by atoms with Crippen LogP contribution in [0.2, 0.25) is 44.3 Å². The Morgan fingerprint density at radius 3 is 0.706 bits per heavy atom. The standard InChI is InChI=1S/4C2H5.4CH3.4Al.O/c4*1-2;;;;;;;;;/h4*1H2,2H3;4*1H3;;;;;/q;;;;;;;;;;2*+1;-2. The van der Waals surface area contributed by atoms with Crippen molar-refractivity contribution in [1.29, 1.82) is 0 Å². The van der Waals surface area contributed by atoms with Crippen LogP contribution < -0.4 is 0 Å². The first-order valence-electron chi connectivity index (χ1n) is 6.77. The molecule has 0 amide bonds. The van der Waals surface area contributed by atoms with Crippen LogP contribution in [0.4, 0.5) is 0 Å². The van der Waals surface area contributed by atoms with Crippen molar-refractivity contribution in [1.82, 2.24) is 0 Å². The van der Waals surface area contributed by atoms with Crippen LogP contribution >= 0.6 is 0 Å². The molecule has 0 aliphatic rings. The third kappa shape index (κ3) is 126. The summed E-state index contributed by atoms with van der Waals surface area (Å²) in [6.07, 6.45) is 0. The second-order valence-electron chi connectivity index (χ2n) is 3.37. The van der Waals surface area contributed by atoms with Crippen molar-refractivity contribution in [3.63, 3.8) is 0 Å². The van der Waals surface area contributed by atoms with Crippen molar-refractivity contribution in [2.75, 3.05) is 0 Å². The molecule has 5 heteroatoms. The molecule has 0 aliphatic heterocycles. The summed E-state index contributed by atoms with van der Waals surface area (Å²) < 4.78 is 0. The van der Waals surface area contributed by atoms with E-state index in [9.17, 15) is 0 Å². The van der Waals surface area contributed by atoms with Gasteiger partial charge >= 0.3 is 53.6 Å². The molecule has 0 heterocycles. The number of rotatable bonds is 4. The van der Waals surface area contributed by atoms with Gasteiger partial charge in [0, 0.05) is 0 Å². The zero-order chi connectivity index (χ0) is 13.7. The molecular weight excluding hydrogens is 268 g/mol. The molecule has 0 bridgehead atoms. The topological polar surface area (TPSA) is 28.5 Å². The van der Waals surface area contributed by atoms with Crippen molar-refractivity contribution in [3.05, 3.63) is 0 Å². The molecule has 0 N–H and O–H groups in total. The van der Waals surface area contributed by atoms with E-state index >= 15 is 0 Å². The van der Waals surface area contributed by atoms with Crippen molar-refractivity contribution in [3.8, 4) is 0 Å². The normalized spacial score (nSPS) is 5.65. The molecule has 0 atom stereocenters. The number of hydrogen-bond donors (Lipinski definition) is 0. The zero-order valence-corrected chi connectivity index (χ0v) is 18.2. The third-order valence-corrected chi connectivity index (χ3v) is 3.46. The molecule has 0 rings (SSSR count). The van der Waals surface area contributed by atoms with Gasteiger partial charge in [0.15, 0.2) is 30.4 Å². The predicted octanol–water partition coefficient (Wildman–Crippen LogP) is 4.59. The van der Waals surface area contributed by atoms with E-state index in [1.54, 1.807) is 0 Å². The molecule has 0 saturated carbocycles. The van der Waals surface area contributed by atoms with E-state index in [1.165, 1.54) is 21.1 Å². The van der Waals surface area contributed by atoms with Gasteiger partial charge in [0.1, 0.15) is 0 Å². The van der Waals surface area contributed by atoms with Crippen LogP contribution in [-0.4, -0.2) is 60.9 Å². The van der Waals surface area contributed by atoms with Crippen LogP contribution in [0.3, 0.4) is 0 Å². The minimum absolute atomic E-state index is 0. The Labute approximate surface area is 137 Å². The van der Waals surface area contributed by atoms with E-state index in [0.717, 1.165) is 60.9 Å². The van der Waals surface area contributed by atoms with Gasteiger partial charge in [0.05, 0.1) is 0 Å². The van der Waals surface area contributed by atoms with Gasteiger partial charge in [0.2, 0.25) is 0 Å². The first-order valence-corrected chi connectivity index (χ1v) is 14.7. The summed E-state index contributed by atoms with van der Waals surface area (Å²) in [6, 6.07) is 0. The van der Waals surface area contributed by atoms with Crippen LogP contribution in [0.1, 0.15) is 27.7 Å². The summed E-state index contributed by atoms with van der Waals surface area (Å²) in [5.74, 6) is 8.83. The van der Waals surface area contributed by atoms with Crippen molar-refractivity contribution >= 4 is 60.9 Å².